The second kappa shape index (κ2) is 6.20. The molecule has 7 nitrogen and oxygen atoms in total. The second-order valence-corrected chi connectivity index (χ2v) is 7.27. The van der Waals surface area contributed by atoms with Gasteiger partial charge >= 0.3 is 0 Å². The van der Waals surface area contributed by atoms with E-state index in [0.29, 0.717) is 23.0 Å². The molecular weight excluding hydrogens is 362 g/mol. The van der Waals surface area contributed by atoms with Crippen molar-refractivity contribution in [3.63, 3.8) is 0 Å². The Morgan fingerprint density at radius 1 is 1.52 bits per heavy atom. The van der Waals surface area contributed by atoms with Gasteiger partial charge in [-0.2, -0.15) is 0 Å². The van der Waals surface area contributed by atoms with Crippen molar-refractivity contribution in [3.8, 4) is 5.75 Å². The van der Waals surface area contributed by atoms with Crippen LogP contribution >= 0.6 is 15.9 Å². The lowest BCUT2D eigenvalue weighted by Gasteiger charge is -2.15. The van der Waals surface area contributed by atoms with Crippen LogP contribution in [0.1, 0.15) is 12.8 Å². The summed E-state index contributed by atoms with van der Waals surface area (Å²) < 4.78 is 32.8. The minimum Gasteiger partial charge on any atom is -0.495 e. The van der Waals surface area contributed by atoms with E-state index in [1.807, 2.05) is 0 Å². The molecule has 1 heterocycles. The first kappa shape index (κ1) is 16.1. The summed E-state index contributed by atoms with van der Waals surface area (Å²) in [4.78, 5) is 11.1. The molecule has 2 rings (SSSR count). The van der Waals surface area contributed by atoms with E-state index < -0.39 is 10.0 Å². The SMILES string of the molecule is COc1cc(Br)c(N)cc1S(=O)(=O)NCC1CCC(=O)N1. The highest BCUT2D eigenvalue weighted by Gasteiger charge is 2.25. The first-order valence-electron chi connectivity index (χ1n) is 6.25. The third-order valence-electron chi connectivity index (χ3n) is 3.18. The Bertz CT molecular complexity index is 663. The average molecular weight is 378 g/mol. The lowest BCUT2D eigenvalue weighted by atomic mass is 10.2. The number of hydrogen-bond donors (Lipinski definition) is 3. The molecule has 1 aliphatic rings. The number of benzene rings is 1. The zero-order chi connectivity index (χ0) is 15.6. The molecule has 1 saturated heterocycles. The highest BCUT2D eigenvalue weighted by Crippen LogP contribution is 2.32. The number of carbonyl (C=O) groups excluding carboxylic acids is 1. The van der Waals surface area contributed by atoms with Crippen molar-refractivity contribution in [2.24, 2.45) is 0 Å². The van der Waals surface area contributed by atoms with Gasteiger partial charge in [0.2, 0.25) is 15.9 Å². The molecule has 9 heteroatoms. The molecule has 0 radical (unpaired) electrons. The number of ether oxygens (including phenoxy) is 1. The van der Waals surface area contributed by atoms with Gasteiger partial charge in [-0.1, -0.05) is 0 Å². The minimum atomic E-state index is -3.77. The lowest BCUT2D eigenvalue weighted by Crippen LogP contribution is -2.38. The number of nitrogens with two attached hydrogens (primary N) is 1. The number of nitrogen functional groups attached to an aromatic ring is 1. The Balaban J connectivity index is 2.19. The largest absolute Gasteiger partial charge is 0.495 e. The minimum absolute atomic E-state index is 0.0324. The maximum Gasteiger partial charge on any atom is 0.244 e. The summed E-state index contributed by atoms with van der Waals surface area (Å²) in [5.74, 6) is 0.128. The van der Waals surface area contributed by atoms with Crippen LogP contribution in [-0.4, -0.2) is 34.0 Å². The van der Waals surface area contributed by atoms with E-state index in [-0.39, 0.29) is 29.1 Å². The zero-order valence-electron chi connectivity index (χ0n) is 11.3. The second-order valence-electron chi connectivity index (χ2n) is 4.68. The summed E-state index contributed by atoms with van der Waals surface area (Å²) in [6.07, 6.45) is 1.03. The van der Waals surface area contributed by atoms with E-state index in [1.165, 1.54) is 19.2 Å². The molecule has 1 fully saturated rings. The Kier molecular flexibility index (Phi) is 4.74. The summed E-state index contributed by atoms with van der Waals surface area (Å²) in [7, 11) is -2.39. The Hall–Kier alpha value is -1.32. The fourth-order valence-corrected chi connectivity index (χ4v) is 3.63. The van der Waals surface area contributed by atoms with Crippen molar-refractivity contribution < 1.29 is 17.9 Å². The van der Waals surface area contributed by atoms with Gasteiger partial charge in [-0.05, 0) is 34.5 Å². The highest BCUT2D eigenvalue weighted by atomic mass is 79.9. The number of carbonyl (C=O) groups is 1. The Labute approximate surface area is 131 Å². The van der Waals surface area contributed by atoms with Gasteiger partial charge in [-0.15, -0.1) is 0 Å². The molecule has 0 bridgehead atoms. The number of hydrogen-bond acceptors (Lipinski definition) is 5. The Morgan fingerprint density at radius 3 is 2.81 bits per heavy atom. The first-order chi connectivity index (χ1) is 9.83. The van der Waals surface area contributed by atoms with Crippen LogP contribution in [0.2, 0.25) is 0 Å². The first-order valence-corrected chi connectivity index (χ1v) is 8.53. The van der Waals surface area contributed by atoms with Crippen molar-refractivity contribution in [2.75, 3.05) is 19.4 Å². The third kappa shape index (κ3) is 3.66. The van der Waals surface area contributed by atoms with Gasteiger partial charge in [-0.25, -0.2) is 13.1 Å². The molecule has 0 saturated carbocycles. The smallest absolute Gasteiger partial charge is 0.244 e. The molecule has 0 aliphatic carbocycles. The van der Waals surface area contributed by atoms with E-state index in [4.69, 9.17) is 10.5 Å². The van der Waals surface area contributed by atoms with Crippen molar-refractivity contribution in [1.82, 2.24) is 10.0 Å². The molecular formula is C12H16BrN3O4S. The number of amides is 1. The number of sulfonamides is 1. The maximum atomic E-state index is 12.3. The van der Waals surface area contributed by atoms with Crippen LogP contribution in [0.15, 0.2) is 21.5 Å². The normalized spacial score (nSPS) is 18.6. The van der Waals surface area contributed by atoms with Gasteiger partial charge < -0.3 is 15.8 Å². The van der Waals surface area contributed by atoms with Crippen molar-refractivity contribution in [3.05, 3.63) is 16.6 Å². The van der Waals surface area contributed by atoms with Crippen LogP contribution in [0.4, 0.5) is 5.69 Å². The van der Waals surface area contributed by atoms with Crippen LogP contribution in [0, 0.1) is 0 Å². The van der Waals surface area contributed by atoms with Gasteiger partial charge in [0.15, 0.2) is 0 Å². The predicted molar refractivity (Wildman–Crippen MR) is 81.5 cm³/mol. The van der Waals surface area contributed by atoms with Gasteiger partial charge in [-0.3, -0.25) is 4.79 Å². The summed E-state index contributed by atoms with van der Waals surface area (Å²) in [6, 6.07) is 2.64. The summed E-state index contributed by atoms with van der Waals surface area (Å²) in [6.45, 7) is 0.132. The van der Waals surface area contributed by atoms with Crippen molar-refractivity contribution >= 4 is 37.5 Å². The fourth-order valence-electron chi connectivity index (χ4n) is 2.04. The van der Waals surface area contributed by atoms with Gasteiger partial charge in [0.05, 0.1) is 7.11 Å². The molecule has 116 valence electrons. The van der Waals surface area contributed by atoms with Crippen LogP contribution < -0.4 is 20.5 Å². The topological polar surface area (TPSA) is 111 Å². The van der Waals surface area contributed by atoms with Crippen molar-refractivity contribution in [2.45, 2.75) is 23.8 Å². The van der Waals surface area contributed by atoms with Crippen LogP contribution in [0.25, 0.3) is 0 Å². The highest BCUT2D eigenvalue weighted by molar-refractivity contribution is 9.10. The average Bonchev–Trinajstić information content (AvgIpc) is 2.85. The molecule has 0 spiro atoms. The molecule has 1 aromatic carbocycles. The van der Waals surface area contributed by atoms with E-state index in [1.54, 1.807) is 0 Å². The summed E-state index contributed by atoms with van der Waals surface area (Å²) >= 11 is 3.22. The zero-order valence-corrected chi connectivity index (χ0v) is 13.8. The Morgan fingerprint density at radius 2 is 2.24 bits per heavy atom. The standard InChI is InChI=1S/C12H16BrN3O4S/c1-20-10-4-8(13)9(14)5-11(10)21(18,19)15-6-7-2-3-12(17)16-7/h4-5,7,15H,2-3,6,14H2,1H3,(H,16,17). The van der Waals surface area contributed by atoms with Gasteiger partial charge in [0.1, 0.15) is 10.6 Å². The van der Waals surface area contributed by atoms with Gasteiger partial charge in [0.25, 0.3) is 0 Å². The van der Waals surface area contributed by atoms with E-state index in [0.717, 1.165) is 0 Å². The quantitative estimate of drug-likeness (QED) is 0.650. The molecule has 1 aliphatic heterocycles. The number of nitrogens with one attached hydrogen (secondary N) is 2. The van der Waals surface area contributed by atoms with Gasteiger partial charge in [0, 0.05) is 29.2 Å². The van der Waals surface area contributed by atoms with E-state index in [2.05, 4.69) is 26.0 Å². The molecule has 1 unspecified atom stereocenters. The molecule has 0 aromatic heterocycles. The summed E-state index contributed by atoms with van der Waals surface area (Å²) in [5, 5.41) is 2.70. The molecule has 4 N–H and O–H groups in total. The number of rotatable bonds is 5. The number of methoxy groups -OCH3 is 1. The molecule has 1 amide bonds. The molecule has 1 aromatic rings. The van der Waals surface area contributed by atoms with Crippen LogP contribution in [0.3, 0.4) is 0 Å². The molecule has 1 atom stereocenters. The van der Waals surface area contributed by atoms with Crippen molar-refractivity contribution in [1.29, 1.82) is 0 Å². The third-order valence-corrected chi connectivity index (χ3v) is 5.31. The number of halogens is 1. The van der Waals surface area contributed by atoms with Crippen LogP contribution in [0.5, 0.6) is 5.75 Å². The predicted octanol–water partition coefficient (Wildman–Crippen LogP) is 0.597. The fraction of sp³-hybridized carbons (Fsp3) is 0.417. The lowest BCUT2D eigenvalue weighted by molar-refractivity contribution is -0.119. The van der Waals surface area contributed by atoms with E-state index in [9.17, 15) is 13.2 Å². The molecule has 21 heavy (non-hydrogen) atoms. The van der Waals surface area contributed by atoms with E-state index >= 15 is 0 Å². The summed E-state index contributed by atoms with van der Waals surface area (Å²) in [5.41, 5.74) is 6.02. The van der Waals surface area contributed by atoms with Crippen LogP contribution in [-0.2, 0) is 14.8 Å². The monoisotopic (exact) mass is 377 g/mol. The maximum absolute atomic E-state index is 12.3. The number of anilines is 1.